The van der Waals surface area contributed by atoms with Crippen molar-refractivity contribution >= 4 is 39.7 Å². The molecule has 0 saturated carbocycles. The average molecular weight is 366 g/mol. The molecule has 0 aliphatic heterocycles. The number of hydrogen-bond acceptors (Lipinski definition) is 1. The lowest BCUT2D eigenvalue weighted by atomic mass is 10.1. The normalized spacial score (nSPS) is 10.7. The summed E-state index contributed by atoms with van der Waals surface area (Å²) in [5.41, 5.74) is 2.91. The summed E-state index contributed by atoms with van der Waals surface area (Å²) in [6.45, 7) is 0. The first-order valence-corrected chi connectivity index (χ1v) is 7.56. The Bertz CT molecular complexity index is 808. The largest absolute Gasteiger partial charge is 0.336 e. The van der Waals surface area contributed by atoms with E-state index in [0.717, 1.165) is 21.4 Å². The van der Waals surface area contributed by atoms with Crippen LogP contribution < -0.4 is 0 Å². The van der Waals surface area contributed by atoms with Crippen molar-refractivity contribution < 1.29 is 0 Å². The van der Waals surface area contributed by atoms with E-state index in [1.807, 2.05) is 59.3 Å². The van der Waals surface area contributed by atoms with Crippen molar-refractivity contribution in [3.63, 3.8) is 0 Å². The van der Waals surface area contributed by atoms with Crippen molar-refractivity contribution in [1.82, 2.24) is 9.55 Å². The van der Waals surface area contributed by atoms with E-state index in [1.54, 1.807) is 0 Å². The maximum Gasteiger partial charge on any atom is 0.182 e. The predicted octanol–water partition coefficient (Wildman–Crippen LogP) is 5.62. The number of H-pyrrole nitrogens is 1. The number of nitrogens with one attached hydrogen (secondary N) is 1. The number of nitrogens with zero attached hydrogens (tertiary/aromatic N) is 1. The zero-order valence-corrected chi connectivity index (χ0v) is 13.5. The second kappa shape index (κ2) is 5.56. The SMILES string of the molecule is S=c1[nH]cc(-c2ccccc2)n1-c1cc(Br)ccc1Cl. The third kappa shape index (κ3) is 2.46. The molecular formula is C15H10BrClN2S. The quantitative estimate of drug-likeness (QED) is 0.585. The van der Waals surface area contributed by atoms with E-state index in [4.69, 9.17) is 23.8 Å². The monoisotopic (exact) mass is 364 g/mol. The van der Waals surface area contributed by atoms with Crippen molar-refractivity contribution in [2.24, 2.45) is 0 Å². The molecule has 0 saturated heterocycles. The first kappa shape index (κ1) is 13.6. The van der Waals surface area contributed by atoms with Crippen LogP contribution in [0.3, 0.4) is 0 Å². The summed E-state index contributed by atoms with van der Waals surface area (Å²) in [5.74, 6) is 0. The average Bonchev–Trinajstić information content (AvgIpc) is 2.84. The van der Waals surface area contributed by atoms with Crippen LogP contribution in [0.5, 0.6) is 0 Å². The fraction of sp³-hybridized carbons (Fsp3) is 0. The summed E-state index contributed by atoms with van der Waals surface area (Å²) in [4.78, 5) is 3.08. The third-order valence-electron chi connectivity index (χ3n) is 2.99. The van der Waals surface area contributed by atoms with Gasteiger partial charge in [-0.1, -0.05) is 57.9 Å². The standard InChI is InChI=1S/C15H10BrClN2S/c16-11-6-7-12(17)13(8-11)19-14(9-18-15(19)20)10-4-2-1-3-5-10/h1-9H,(H,18,20). The van der Waals surface area contributed by atoms with Crippen LogP contribution in [0.15, 0.2) is 59.2 Å². The van der Waals surface area contributed by atoms with E-state index >= 15 is 0 Å². The molecule has 100 valence electrons. The van der Waals surface area contributed by atoms with E-state index in [2.05, 4.69) is 20.9 Å². The molecule has 2 aromatic carbocycles. The Kier molecular flexibility index (Phi) is 3.78. The molecule has 0 atom stereocenters. The van der Waals surface area contributed by atoms with Crippen LogP contribution in [-0.2, 0) is 0 Å². The molecule has 1 N–H and O–H groups in total. The van der Waals surface area contributed by atoms with Gasteiger partial charge in [0, 0.05) is 16.2 Å². The van der Waals surface area contributed by atoms with Gasteiger partial charge in [-0.25, -0.2) is 0 Å². The maximum atomic E-state index is 6.32. The maximum absolute atomic E-state index is 6.32. The second-order valence-corrected chi connectivity index (χ2v) is 5.99. The minimum Gasteiger partial charge on any atom is -0.336 e. The molecule has 5 heteroatoms. The molecule has 2 nitrogen and oxygen atoms in total. The molecule has 0 amide bonds. The Morgan fingerprint density at radius 2 is 1.85 bits per heavy atom. The molecule has 0 fully saturated rings. The van der Waals surface area contributed by atoms with Crippen molar-refractivity contribution in [3.8, 4) is 16.9 Å². The van der Waals surface area contributed by atoms with Crippen molar-refractivity contribution in [3.05, 3.63) is 69.0 Å². The van der Waals surface area contributed by atoms with Crippen molar-refractivity contribution in [2.45, 2.75) is 0 Å². The lowest BCUT2D eigenvalue weighted by Gasteiger charge is -2.11. The van der Waals surface area contributed by atoms with Gasteiger partial charge in [0.05, 0.1) is 16.4 Å². The fourth-order valence-electron chi connectivity index (χ4n) is 2.09. The minimum absolute atomic E-state index is 0.615. The highest BCUT2D eigenvalue weighted by molar-refractivity contribution is 9.10. The number of imidazole rings is 1. The van der Waals surface area contributed by atoms with Gasteiger partial charge in [-0.15, -0.1) is 0 Å². The summed E-state index contributed by atoms with van der Waals surface area (Å²) >= 11 is 15.2. The van der Waals surface area contributed by atoms with E-state index in [9.17, 15) is 0 Å². The van der Waals surface area contributed by atoms with Crippen LogP contribution in [0.2, 0.25) is 5.02 Å². The van der Waals surface area contributed by atoms with E-state index in [-0.39, 0.29) is 0 Å². The summed E-state index contributed by atoms with van der Waals surface area (Å²) < 4.78 is 3.51. The highest BCUT2D eigenvalue weighted by Gasteiger charge is 2.11. The predicted molar refractivity (Wildman–Crippen MR) is 89.1 cm³/mol. The molecule has 20 heavy (non-hydrogen) atoms. The molecule has 1 aromatic heterocycles. The molecule has 3 aromatic rings. The van der Waals surface area contributed by atoms with E-state index < -0.39 is 0 Å². The van der Waals surface area contributed by atoms with Gasteiger partial charge in [0.25, 0.3) is 0 Å². The molecule has 0 spiro atoms. The Morgan fingerprint density at radius 1 is 1.10 bits per heavy atom. The smallest absolute Gasteiger partial charge is 0.182 e. The minimum atomic E-state index is 0.615. The highest BCUT2D eigenvalue weighted by atomic mass is 79.9. The number of hydrogen-bond donors (Lipinski definition) is 1. The molecule has 1 heterocycles. The molecule has 3 rings (SSSR count). The fourth-order valence-corrected chi connectivity index (χ4v) is 2.89. The first-order valence-electron chi connectivity index (χ1n) is 5.98. The molecular weight excluding hydrogens is 356 g/mol. The number of halogens is 2. The highest BCUT2D eigenvalue weighted by Crippen LogP contribution is 2.29. The summed E-state index contributed by atoms with van der Waals surface area (Å²) in [6.07, 6.45) is 1.90. The van der Waals surface area contributed by atoms with Crippen LogP contribution in [0, 0.1) is 4.77 Å². The first-order chi connectivity index (χ1) is 9.66. The molecule has 0 aliphatic rings. The van der Waals surface area contributed by atoms with Gasteiger partial charge in [0.2, 0.25) is 0 Å². The zero-order valence-electron chi connectivity index (χ0n) is 10.3. The van der Waals surface area contributed by atoms with Gasteiger partial charge in [0.1, 0.15) is 0 Å². The van der Waals surface area contributed by atoms with Crippen molar-refractivity contribution in [1.29, 1.82) is 0 Å². The molecule has 0 unspecified atom stereocenters. The Morgan fingerprint density at radius 3 is 2.60 bits per heavy atom. The number of benzene rings is 2. The Balaban J connectivity index is 2.27. The topological polar surface area (TPSA) is 20.7 Å². The summed E-state index contributed by atoms with van der Waals surface area (Å²) in [5, 5.41) is 0.654. The van der Waals surface area contributed by atoms with Crippen molar-refractivity contribution in [2.75, 3.05) is 0 Å². The molecule has 0 aliphatic carbocycles. The molecule has 0 bridgehead atoms. The lowest BCUT2D eigenvalue weighted by molar-refractivity contribution is 1.04. The van der Waals surface area contributed by atoms with Crippen LogP contribution in [-0.4, -0.2) is 9.55 Å². The van der Waals surface area contributed by atoms with Crippen LogP contribution in [0.4, 0.5) is 0 Å². The van der Waals surface area contributed by atoms with E-state index in [1.165, 1.54) is 0 Å². The molecule has 0 radical (unpaired) electrons. The Hall–Kier alpha value is -1.36. The Labute approximate surface area is 135 Å². The van der Waals surface area contributed by atoms with Gasteiger partial charge in [-0.3, -0.25) is 4.57 Å². The van der Waals surface area contributed by atoms with Crippen LogP contribution in [0.25, 0.3) is 16.9 Å². The summed E-state index contributed by atoms with van der Waals surface area (Å²) in [7, 11) is 0. The number of aromatic nitrogens is 2. The van der Waals surface area contributed by atoms with Gasteiger partial charge in [0.15, 0.2) is 4.77 Å². The lowest BCUT2D eigenvalue weighted by Crippen LogP contribution is -1.98. The third-order valence-corrected chi connectivity index (χ3v) is 4.11. The number of aromatic amines is 1. The van der Waals surface area contributed by atoms with Crippen LogP contribution in [0.1, 0.15) is 0 Å². The second-order valence-electron chi connectivity index (χ2n) is 4.28. The van der Waals surface area contributed by atoms with E-state index in [0.29, 0.717) is 9.79 Å². The van der Waals surface area contributed by atoms with Gasteiger partial charge in [-0.05, 0) is 30.4 Å². The van der Waals surface area contributed by atoms with Gasteiger partial charge < -0.3 is 4.98 Å². The van der Waals surface area contributed by atoms with Gasteiger partial charge in [-0.2, -0.15) is 0 Å². The zero-order chi connectivity index (χ0) is 14.1. The summed E-state index contributed by atoms with van der Waals surface area (Å²) in [6, 6.07) is 15.8. The van der Waals surface area contributed by atoms with Gasteiger partial charge >= 0.3 is 0 Å². The number of rotatable bonds is 2. The van der Waals surface area contributed by atoms with Crippen LogP contribution >= 0.6 is 39.7 Å².